The van der Waals surface area contributed by atoms with Gasteiger partial charge >= 0.3 is 0 Å². The molecule has 1 heterocycles. The zero-order chi connectivity index (χ0) is 18.8. The molecule has 0 unspecified atom stereocenters. The Balaban J connectivity index is 2.04. The molecule has 0 spiro atoms. The fraction of sp³-hybridized carbons (Fsp3) is 0.211. The lowest BCUT2D eigenvalue weighted by Crippen LogP contribution is -2.17. The Kier molecular flexibility index (Phi) is 4.79. The average molecular weight is 357 g/mol. The monoisotopic (exact) mass is 357 g/mol. The minimum absolute atomic E-state index is 0.0586. The quantitative estimate of drug-likeness (QED) is 0.761. The summed E-state index contributed by atoms with van der Waals surface area (Å²) in [6, 6.07) is 6.58. The van der Waals surface area contributed by atoms with Gasteiger partial charge in [-0.05, 0) is 56.2 Å². The standard InChI is InChI=1S/C19H17F2N3O2/c1-4-26-19-17(18(25)23-14-6-5-12(20)9-13(14)21)22-15-7-10(2)11(3)8-16(15)24-19/h5-9H,4H2,1-3H3,(H,23,25). The molecule has 7 heteroatoms. The van der Waals surface area contributed by atoms with Crippen molar-refractivity contribution in [3.8, 4) is 5.88 Å². The third-order valence-electron chi connectivity index (χ3n) is 3.92. The van der Waals surface area contributed by atoms with Crippen molar-refractivity contribution in [2.75, 3.05) is 11.9 Å². The zero-order valence-corrected chi connectivity index (χ0v) is 14.6. The molecule has 0 aliphatic rings. The highest BCUT2D eigenvalue weighted by molar-refractivity contribution is 6.05. The van der Waals surface area contributed by atoms with E-state index in [4.69, 9.17) is 4.74 Å². The lowest BCUT2D eigenvalue weighted by molar-refractivity contribution is 0.101. The van der Waals surface area contributed by atoms with Crippen LogP contribution in [-0.2, 0) is 0 Å². The number of nitrogens with zero attached hydrogens (tertiary/aromatic N) is 2. The summed E-state index contributed by atoms with van der Waals surface area (Å²) in [4.78, 5) is 21.3. The molecular formula is C19H17F2N3O2. The van der Waals surface area contributed by atoms with Crippen LogP contribution in [0.2, 0.25) is 0 Å². The first-order valence-electron chi connectivity index (χ1n) is 8.07. The number of halogens is 2. The van der Waals surface area contributed by atoms with Gasteiger partial charge in [0.2, 0.25) is 5.88 Å². The van der Waals surface area contributed by atoms with Crippen molar-refractivity contribution >= 4 is 22.6 Å². The van der Waals surface area contributed by atoms with Crippen LogP contribution in [0.5, 0.6) is 5.88 Å². The summed E-state index contributed by atoms with van der Waals surface area (Å²) in [6.07, 6.45) is 0. The van der Waals surface area contributed by atoms with Gasteiger partial charge in [-0.25, -0.2) is 18.7 Å². The summed E-state index contributed by atoms with van der Waals surface area (Å²) in [5.74, 6) is -2.24. The second kappa shape index (κ2) is 7.03. The predicted octanol–water partition coefficient (Wildman–Crippen LogP) is 4.18. The van der Waals surface area contributed by atoms with Crippen LogP contribution < -0.4 is 10.1 Å². The lowest BCUT2D eigenvalue weighted by atomic mass is 10.1. The maximum atomic E-state index is 13.8. The molecule has 134 valence electrons. The van der Waals surface area contributed by atoms with E-state index >= 15 is 0 Å². The lowest BCUT2D eigenvalue weighted by Gasteiger charge is -2.12. The van der Waals surface area contributed by atoms with Crippen LogP contribution in [0.3, 0.4) is 0 Å². The number of amides is 1. The molecule has 0 aliphatic carbocycles. The fourth-order valence-electron chi connectivity index (χ4n) is 2.45. The highest BCUT2D eigenvalue weighted by Gasteiger charge is 2.19. The topological polar surface area (TPSA) is 64.1 Å². The maximum Gasteiger partial charge on any atom is 0.280 e. The number of rotatable bonds is 4. The van der Waals surface area contributed by atoms with Gasteiger partial charge in [-0.3, -0.25) is 4.79 Å². The molecule has 0 bridgehead atoms. The van der Waals surface area contributed by atoms with Crippen molar-refractivity contribution in [2.24, 2.45) is 0 Å². The Morgan fingerprint density at radius 3 is 2.35 bits per heavy atom. The molecule has 26 heavy (non-hydrogen) atoms. The van der Waals surface area contributed by atoms with Crippen LogP contribution in [0.15, 0.2) is 30.3 Å². The first-order chi connectivity index (χ1) is 12.4. The summed E-state index contributed by atoms with van der Waals surface area (Å²) < 4.78 is 32.3. The van der Waals surface area contributed by atoms with E-state index in [9.17, 15) is 13.6 Å². The maximum absolute atomic E-state index is 13.8. The first-order valence-corrected chi connectivity index (χ1v) is 8.07. The number of hydrogen-bond donors (Lipinski definition) is 1. The van der Waals surface area contributed by atoms with Crippen LogP contribution in [0.25, 0.3) is 11.0 Å². The summed E-state index contributed by atoms with van der Waals surface area (Å²) in [5, 5.41) is 2.38. The molecule has 3 aromatic rings. The molecule has 0 saturated heterocycles. The van der Waals surface area contributed by atoms with Gasteiger partial charge < -0.3 is 10.1 Å². The number of nitrogens with one attached hydrogen (secondary N) is 1. The zero-order valence-electron chi connectivity index (χ0n) is 14.6. The smallest absolute Gasteiger partial charge is 0.280 e. The van der Waals surface area contributed by atoms with Crippen molar-refractivity contribution in [2.45, 2.75) is 20.8 Å². The van der Waals surface area contributed by atoms with Gasteiger partial charge in [-0.15, -0.1) is 0 Å². The minimum atomic E-state index is -0.878. The van der Waals surface area contributed by atoms with Crippen molar-refractivity contribution in [3.63, 3.8) is 0 Å². The van der Waals surface area contributed by atoms with Gasteiger partial charge in [-0.2, -0.15) is 0 Å². The SMILES string of the molecule is CCOc1nc2cc(C)c(C)cc2nc1C(=O)Nc1ccc(F)cc1F. The van der Waals surface area contributed by atoms with Gasteiger partial charge in [-0.1, -0.05) is 0 Å². The molecule has 0 aliphatic heterocycles. The number of hydrogen-bond acceptors (Lipinski definition) is 4. The van der Waals surface area contributed by atoms with E-state index in [0.717, 1.165) is 23.3 Å². The number of aromatic nitrogens is 2. The van der Waals surface area contributed by atoms with E-state index in [1.165, 1.54) is 0 Å². The molecule has 0 fully saturated rings. The minimum Gasteiger partial charge on any atom is -0.476 e. The summed E-state index contributed by atoms with van der Waals surface area (Å²) in [6.45, 7) is 5.93. The normalized spacial score (nSPS) is 10.8. The number of carbonyl (C=O) groups excluding carboxylic acids is 1. The van der Waals surface area contributed by atoms with Gasteiger partial charge in [0.1, 0.15) is 11.6 Å². The van der Waals surface area contributed by atoms with E-state index < -0.39 is 17.5 Å². The number of ether oxygens (including phenoxy) is 1. The molecule has 3 rings (SSSR count). The third-order valence-corrected chi connectivity index (χ3v) is 3.92. The molecule has 0 radical (unpaired) electrons. The Morgan fingerprint density at radius 1 is 1.08 bits per heavy atom. The van der Waals surface area contributed by atoms with Gasteiger partial charge in [0.25, 0.3) is 5.91 Å². The van der Waals surface area contributed by atoms with Crippen molar-refractivity contribution < 1.29 is 18.3 Å². The fourth-order valence-corrected chi connectivity index (χ4v) is 2.45. The van der Waals surface area contributed by atoms with Gasteiger partial charge in [0.05, 0.1) is 23.3 Å². The molecule has 0 saturated carbocycles. The van der Waals surface area contributed by atoms with Crippen LogP contribution in [0.4, 0.5) is 14.5 Å². The van der Waals surface area contributed by atoms with Crippen molar-refractivity contribution in [3.05, 3.63) is 58.8 Å². The number of fused-ring (bicyclic) bond motifs is 1. The van der Waals surface area contributed by atoms with Crippen LogP contribution in [-0.4, -0.2) is 22.5 Å². The van der Waals surface area contributed by atoms with Crippen LogP contribution in [0.1, 0.15) is 28.5 Å². The number of aryl methyl sites for hydroxylation is 2. The van der Waals surface area contributed by atoms with Crippen LogP contribution in [0, 0.1) is 25.5 Å². The molecular weight excluding hydrogens is 340 g/mol. The molecule has 1 aromatic heterocycles. The number of anilines is 1. The molecule has 5 nitrogen and oxygen atoms in total. The summed E-state index contributed by atoms with van der Waals surface area (Å²) >= 11 is 0. The average Bonchev–Trinajstić information content (AvgIpc) is 2.58. The molecule has 2 aromatic carbocycles. The Labute approximate surface area is 149 Å². The molecule has 1 N–H and O–H groups in total. The Hall–Kier alpha value is -3.09. The highest BCUT2D eigenvalue weighted by Crippen LogP contribution is 2.24. The molecule has 1 amide bonds. The van der Waals surface area contributed by atoms with Crippen molar-refractivity contribution in [1.29, 1.82) is 0 Å². The van der Waals surface area contributed by atoms with E-state index in [2.05, 4.69) is 15.3 Å². The van der Waals surface area contributed by atoms with Crippen molar-refractivity contribution in [1.82, 2.24) is 9.97 Å². The van der Waals surface area contributed by atoms with E-state index in [-0.39, 0.29) is 23.9 Å². The van der Waals surface area contributed by atoms with Gasteiger partial charge in [0.15, 0.2) is 5.69 Å². The highest BCUT2D eigenvalue weighted by atomic mass is 19.1. The second-order valence-corrected chi connectivity index (χ2v) is 5.81. The Bertz CT molecular complexity index is 1010. The van der Waals surface area contributed by atoms with E-state index in [0.29, 0.717) is 17.1 Å². The van der Waals surface area contributed by atoms with Crippen LogP contribution >= 0.6 is 0 Å². The Morgan fingerprint density at radius 2 is 1.73 bits per heavy atom. The van der Waals surface area contributed by atoms with Gasteiger partial charge in [0, 0.05) is 6.07 Å². The predicted molar refractivity (Wildman–Crippen MR) is 94.5 cm³/mol. The number of benzene rings is 2. The summed E-state index contributed by atoms with van der Waals surface area (Å²) in [7, 11) is 0. The third kappa shape index (κ3) is 3.46. The van der Waals surface area contributed by atoms with E-state index in [1.807, 2.05) is 26.0 Å². The summed E-state index contributed by atoms with van der Waals surface area (Å²) in [5.41, 5.74) is 2.96. The largest absolute Gasteiger partial charge is 0.476 e. The van der Waals surface area contributed by atoms with E-state index in [1.54, 1.807) is 6.92 Å². The first kappa shape index (κ1) is 17.7. The second-order valence-electron chi connectivity index (χ2n) is 5.81. The number of carbonyl (C=O) groups is 1. The molecule has 0 atom stereocenters.